The van der Waals surface area contributed by atoms with Gasteiger partial charge in [-0.25, -0.2) is 8.78 Å². The Balaban J connectivity index is 2.45. The van der Waals surface area contributed by atoms with Crippen LogP contribution in [-0.4, -0.2) is 35.2 Å². The lowest BCUT2D eigenvalue weighted by atomic mass is 10.1. The normalized spacial score (nSPS) is 11.2. The third-order valence-corrected chi connectivity index (χ3v) is 2.05. The molecule has 0 heterocycles. The summed E-state index contributed by atoms with van der Waals surface area (Å²) < 4.78 is 25.2. The maximum absolute atomic E-state index is 12.6. The molecule has 0 atom stereocenters. The number of amides is 1. The van der Waals surface area contributed by atoms with Crippen molar-refractivity contribution in [1.82, 2.24) is 5.32 Å². The molecule has 0 aliphatic heterocycles. The van der Waals surface area contributed by atoms with Crippen LogP contribution in [-0.2, 0) is 11.2 Å². The SMILES string of the molecule is O=C(Cc1cccc(O)c1)NCC(F)(F)CO. The van der Waals surface area contributed by atoms with E-state index in [1.165, 1.54) is 12.1 Å². The van der Waals surface area contributed by atoms with E-state index in [0.717, 1.165) is 0 Å². The number of hydrogen-bond acceptors (Lipinski definition) is 3. The van der Waals surface area contributed by atoms with Crippen LogP contribution < -0.4 is 5.32 Å². The second kappa shape index (κ2) is 5.58. The number of hydrogen-bond donors (Lipinski definition) is 3. The van der Waals surface area contributed by atoms with E-state index in [9.17, 15) is 13.6 Å². The molecule has 0 aliphatic carbocycles. The molecule has 1 aromatic rings. The molecule has 1 aromatic carbocycles. The fraction of sp³-hybridized carbons (Fsp3) is 0.364. The molecule has 0 aromatic heterocycles. The van der Waals surface area contributed by atoms with Crippen molar-refractivity contribution in [3.63, 3.8) is 0 Å². The Morgan fingerprint density at radius 3 is 2.71 bits per heavy atom. The highest BCUT2D eigenvalue weighted by Gasteiger charge is 2.28. The van der Waals surface area contributed by atoms with Gasteiger partial charge in [0, 0.05) is 0 Å². The van der Waals surface area contributed by atoms with Gasteiger partial charge in [-0.3, -0.25) is 4.79 Å². The predicted molar refractivity (Wildman–Crippen MR) is 56.9 cm³/mol. The molecule has 6 heteroatoms. The van der Waals surface area contributed by atoms with Gasteiger partial charge in [0.25, 0.3) is 5.92 Å². The van der Waals surface area contributed by atoms with Crippen molar-refractivity contribution in [3.05, 3.63) is 29.8 Å². The summed E-state index contributed by atoms with van der Waals surface area (Å²) in [6.45, 7) is -2.21. The zero-order valence-corrected chi connectivity index (χ0v) is 8.99. The molecule has 0 unspecified atom stereocenters. The Hall–Kier alpha value is -1.69. The van der Waals surface area contributed by atoms with Gasteiger partial charge in [-0.05, 0) is 17.7 Å². The first-order valence-electron chi connectivity index (χ1n) is 4.96. The van der Waals surface area contributed by atoms with E-state index < -0.39 is 25.0 Å². The van der Waals surface area contributed by atoms with Crippen molar-refractivity contribution in [2.45, 2.75) is 12.3 Å². The van der Waals surface area contributed by atoms with Crippen LogP contribution in [0.1, 0.15) is 5.56 Å². The zero-order chi connectivity index (χ0) is 12.9. The highest BCUT2D eigenvalue weighted by Crippen LogP contribution is 2.12. The van der Waals surface area contributed by atoms with Gasteiger partial charge in [0.15, 0.2) is 0 Å². The number of aromatic hydroxyl groups is 1. The molecule has 0 radical (unpaired) electrons. The lowest BCUT2D eigenvalue weighted by molar-refractivity contribution is -0.123. The van der Waals surface area contributed by atoms with Gasteiger partial charge in [-0.15, -0.1) is 0 Å². The van der Waals surface area contributed by atoms with Gasteiger partial charge in [0.05, 0.1) is 13.0 Å². The van der Waals surface area contributed by atoms with Gasteiger partial charge in [0.1, 0.15) is 12.4 Å². The van der Waals surface area contributed by atoms with Gasteiger partial charge < -0.3 is 15.5 Å². The molecular formula is C11H13F2NO3. The first kappa shape index (κ1) is 13.4. The lowest BCUT2D eigenvalue weighted by Crippen LogP contribution is -2.39. The summed E-state index contributed by atoms with van der Waals surface area (Å²) in [4.78, 5) is 11.3. The van der Waals surface area contributed by atoms with Crippen LogP contribution in [0.25, 0.3) is 0 Å². The summed E-state index contributed by atoms with van der Waals surface area (Å²) in [6, 6.07) is 5.98. The number of halogens is 2. The maximum atomic E-state index is 12.6. The van der Waals surface area contributed by atoms with Crippen LogP contribution >= 0.6 is 0 Å². The van der Waals surface area contributed by atoms with Crippen molar-refractivity contribution < 1.29 is 23.8 Å². The average molecular weight is 245 g/mol. The first-order valence-corrected chi connectivity index (χ1v) is 4.96. The van der Waals surface area contributed by atoms with Crippen LogP contribution in [0.2, 0.25) is 0 Å². The molecule has 1 rings (SSSR count). The van der Waals surface area contributed by atoms with E-state index in [1.54, 1.807) is 12.1 Å². The Morgan fingerprint density at radius 1 is 1.41 bits per heavy atom. The van der Waals surface area contributed by atoms with Crippen molar-refractivity contribution in [2.75, 3.05) is 13.2 Å². The number of aliphatic hydroxyl groups excluding tert-OH is 1. The standard InChI is InChI=1S/C11H13F2NO3/c12-11(13,7-15)6-14-10(17)5-8-2-1-3-9(16)4-8/h1-4,15-16H,5-7H2,(H,14,17). The van der Waals surface area contributed by atoms with Crippen LogP contribution in [0.3, 0.4) is 0 Å². The van der Waals surface area contributed by atoms with Gasteiger partial charge in [-0.1, -0.05) is 12.1 Å². The molecule has 0 saturated carbocycles. The van der Waals surface area contributed by atoms with Crippen molar-refractivity contribution in [1.29, 1.82) is 0 Å². The fourth-order valence-electron chi connectivity index (χ4n) is 1.20. The summed E-state index contributed by atoms with van der Waals surface area (Å²) in [5.41, 5.74) is 0.523. The number of alkyl halides is 2. The lowest BCUT2D eigenvalue weighted by Gasteiger charge is -2.13. The first-order chi connectivity index (χ1) is 7.93. The monoisotopic (exact) mass is 245 g/mol. The predicted octanol–water partition coefficient (Wildman–Crippen LogP) is 0.678. The average Bonchev–Trinajstić information content (AvgIpc) is 2.27. The third kappa shape index (κ3) is 4.78. The van der Waals surface area contributed by atoms with Crippen LogP contribution in [0.4, 0.5) is 8.78 Å². The summed E-state index contributed by atoms with van der Waals surface area (Å²) in [7, 11) is 0. The third-order valence-electron chi connectivity index (χ3n) is 2.05. The van der Waals surface area contributed by atoms with Crippen molar-refractivity contribution >= 4 is 5.91 Å². The molecule has 0 saturated heterocycles. The topological polar surface area (TPSA) is 69.6 Å². The summed E-state index contributed by atoms with van der Waals surface area (Å²) in [5, 5.41) is 19.4. The number of nitrogens with one attached hydrogen (secondary N) is 1. The van der Waals surface area contributed by atoms with E-state index in [2.05, 4.69) is 0 Å². The summed E-state index contributed by atoms with van der Waals surface area (Å²) >= 11 is 0. The fourth-order valence-corrected chi connectivity index (χ4v) is 1.20. The van der Waals surface area contributed by atoms with Gasteiger partial charge in [-0.2, -0.15) is 0 Å². The highest BCUT2D eigenvalue weighted by molar-refractivity contribution is 5.78. The van der Waals surface area contributed by atoms with Crippen LogP contribution in [0.5, 0.6) is 5.75 Å². The second-order valence-electron chi connectivity index (χ2n) is 3.64. The highest BCUT2D eigenvalue weighted by atomic mass is 19.3. The molecule has 4 nitrogen and oxygen atoms in total. The Morgan fingerprint density at radius 2 is 2.12 bits per heavy atom. The Labute approximate surface area is 96.9 Å². The summed E-state index contributed by atoms with van der Waals surface area (Å²) in [5.74, 6) is -3.89. The number of carbonyl (C=O) groups excluding carboxylic acids is 1. The molecule has 17 heavy (non-hydrogen) atoms. The van der Waals surface area contributed by atoms with E-state index in [-0.39, 0.29) is 12.2 Å². The second-order valence-corrected chi connectivity index (χ2v) is 3.64. The van der Waals surface area contributed by atoms with Crippen LogP contribution in [0, 0.1) is 0 Å². The molecule has 0 spiro atoms. The maximum Gasteiger partial charge on any atom is 0.287 e. The molecule has 0 aliphatic rings. The number of aliphatic hydroxyl groups is 1. The molecule has 94 valence electrons. The minimum atomic E-state index is -3.31. The van der Waals surface area contributed by atoms with E-state index in [1.807, 2.05) is 5.32 Å². The smallest absolute Gasteiger partial charge is 0.287 e. The number of rotatable bonds is 5. The molecule has 3 N–H and O–H groups in total. The number of phenols is 1. The minimum absolute atomic E-state index is 0.0102. The Bertz CT molecular complexity index is 396. The zero-order valence-electron chi connectivity index (χ0n) is 8.99. The van der Waals surface area contributed by atoms with Crippen LogP contribution in [0.15, 0.2) is 24.3 Å². The molecule has 0 bridgehead atoms. The largest absolute Gasteiger partial charge is 0.508 e. The van der Waals surface area contributed by atoms with E-state index >= 15 is 0 Å². The van der Waals surface area contributed by atoms with E-state index in [4.69, 9.17) is 10.2 Å². The van der Waals surface area contributed by atoms with Gasteiger partial charge >= 0.3 is 0 Å². The quantitative estimate of drug-likeness (QED) is 0.714. The minimum Gasteiger partial charge on any atom is -0.508 e. The molecular weight excluding hydrogens is 232 g/mol. The number of phenolic OH excluding ortho intramolecular Hbond substituents is 1. The van der Waals surface area contributed by atoms with E-state index in [0.29, 0.717) is 5.56 Å². The molecule has 1 amide bonds. The van der Waals surface area contributed by atoms with Crippen molar-refractivity contribution in [2.24, 2.45) is 0 Å². The summed E-state index contributed by atoms with van der Waals surface area (Å²) in [6.07, 6.45) is -0.101. The Kier molecular flexibility index (Phi) is 4.39. The number of benzene rings is 1. The number of carbonyl (C=O) groups is 1. The van der Waals surface area contributed by atoms with Gasteiger partial charge in [0.2, 0.25) is 5.91 Å². The van der Waals surface area contributed by atoms with Crippen molar-refractivity contribution in [3.8, 4) is 5.75 Å². The molecule has 0 fully saturated rings.